The van der Waals surface area contributed by atoms with E-state index in [1.807, 2.05) is 6.08 Å². The van der Waals surface area contributed by atoms with Gasteiger partial charge in [0.05, 0.1) is 18.2 Å². The molecule has 4 heteroatoms. The summed E-state index contributed by atoms with van der Waals surface area (Å²) >= 11 is 0. The summed E-state index contributed by atoms with van der Waals surface area (Å²) in [4.78, 5) is 12.3. The van der Waals surface area contributed by atoms with E-state index < -0.39 is 18.2 Å². The number of amides is 1. The molecule has 0 aliphatic carbocycles. The third-order valence-corrected chi connectivity index (χ3v) is 9.87. The van der Waals surface area contributed by atoms with Gasteiger partial charge in [-0.3, -0.25) is 4.79 Å². The summed E-state index contributed by atoms with van der Waals surface area (Å²) in [5, 5.41) is 23.7. The second-order valence-corrected chi connectivity index (χ2v) is 14.6. The van der Waals surface area contributed by atoms with Gasteiger partial charge in [0.1, 0.15) is 0 Å². The molecule has 0 rings (SSSR count). The number of aliphatic hydroxyl groups is 2. The van der Waals surface area contributed by atoms with Crippen molar-refractivity contribution in [1.82, 2.24) is 5.32 Å². The number of rotatable bonds is 37. The van der Waals surface area contributed by atoms with E-state index in [1.165, 1.54) is 180 Å². The van der Waals surface area contributed by atoms with Crippen molar-refractivity contribution < 1.29 is 15.0 Å². The lowest BCUT2D eigenvalue weighted by molar-refractivity contribution is -0.118. The summed E-state index contributed by atoms with van der Waals surface area (Å²) < 4.78 is 0. The normalized spacial score (nSPS) is 13.8. The van der Waals surface area contributed by atoms with E-state index in [0.717, 1.165) is 25.7 Å². The van der Waals surface area contributed by atoms with Crippen LogP contribution in [0, 0.1) is 0 Å². The molecule has 0 aromatic heterocycles. The fraction of sp³-hybridized carbons (Fsp3) is 0.929. The first-order valence-corrected chi connectivity index (χ1v) is 20.9. The lowest BCUT2D eigenvalue weighted by Crippen LogP contribution is -2.46. The van der Waals surface area contributed by atoms with Gasteiger partial charge in [-0.1, -0.05) is 213 Å². The standard InChI is InChI=1S/C42H83NO3/c1-4-6-8-10-12-14-16-18-19-20-21-22-23-24-25-26-28-30-32-34-36-38-41(45)43-39(3)42(46)40(44)37-35-33-31-29-27-17-15-13-11-9-7-5-2/h36,38-40,42,44,46H,4-35,37H2,1-3H3,(H,43,45). The lowest BCUT2D eigenvalue weighted by atomic mass is 10.00. The predicted molar refractivity (Wildman–Crippen MR) is 202 cm³/mol. The largest absolute Gasteiger partial charge is 0.390 e. The highest BCUT2D eigenvalue weighted by atomic mass is 16.3. The van der Waals surface area contributed by atoms with E-state index in [1.54, 1.807) is 13.0 Å². The highest BCUT2D eigenvalue weighted by Crippen LogP contribution is 2.16. The Labute approximate surface area is 288 Å². The van der Waals surface area contributed by atoms with Gasteiger partial charge in [-0.05, 0) is 32.3 Å². The number of carbonyl (C=O) groups is 1. The third-order valence-electron chi connectivity index (χ3n) is 9.87. The number of aliphatic hydroxyl groups excluding tert-OH is 2. The molecule has 0 aliphatic rings. The molecule has 0 heterocycles. The van der Waals surface area contributed by atoms with Crippen molar-refractivity contribution in [3.05, 3.63) is 12.2 Å². The van der Waals surface area contributed by atoms with Crippen LogP contribution in [0.1, 0.15) is 233 Å². The van der Waals surface area contributed by atoms with Crippen molar-refractivity contribution >= 4 is 5.91 Å². The van der Waals surface area contributed by atoms with Crippen molar-refractivity contribution in [2.24, 2.45) is 0 Å². The quantitative estimate of drug-likeness (QED) is 0.0463. The Morgan fingerprint density at radius 2 is 0.804 bits per heavy atom. The van der Waals surface area contributed by atoms with Gasteiger partial charge in [0.25, 0.3) is 0 Å². The summed E-state index contributed by atoms with van der Waals surface area (Å²) in [6, 6.07) is -0.459. The highest BCUT2D eigenvalue weighted by molar-refractivity contribution is 5.87. The maximum Gasteiger partial charge on any atom is 0.243 e. The van der Waals surface area contributed by atoms with Gasteiger partial charge in [-0.2, -0.15) is 0 Å². The van der Waals surface area contributed by atoms with E-state index in [0.29, 0.717) is 6.42 Å². The summed E-state index contributed by atoms with van der Waals surface area (Å²) in [5.41, 5.74) is 0. The zero-order valence-corrected chi connectivity index (χ0v) is 31.5. The molecule has 1 amide bonds. The Balaban J connectivity index is 3.53. The van der Waals surface area contributed by atoms with Gasteiger partial charge in [0.15, 0.2) is 0 Å². The zero-order valence-electron chi connectivity index (χ0n) is 31.5. The Morgan fingerprint density at radius 3 is 1.15 bits per heavy atom. The Kier molecular flexibility index (Phi) is 36.3. The molecule has 3 atom stereocenters. The minimum Gasteiger partial charge on any atom is -0.390 e. The van der Waals surface area contributed by atoms with Crippen molar-refractivity contribution in [2.75, 3.05) is 0 Å². The average Bonchev–Trinajstić information content (AvgIpc) is 3.05. The first-order valence-electron chi connectivity index (χ1n) is 20.9. The van der Waals surface area contributed by atoms with Crippen LogP contribution in [0.4, 0.5) is 0 Å². The second kappa shape index (κ2) is 37.0. The predicted octanol–water partition coefficient (Wildman–Crippen LogP) is 12.7. The van der Waals surface area contributed by atoms with Gasteiger partial charge >= 0.3 is 0 Å². The first-order chi connectivity index (χ1) is 22.5. The van der Waals surface area contributed by atoms with E-state index in [4.69, 9.17) is 0 Å². The minimum atomic E-state index is -0.926. The summed E-state index contributed by atoms with van der Waals surface area (Å²) in [7, 11) is 0. The molecule has 4 nitrogen and oxygen atoms in total. The van der Waals surface area contributed by atoms with Crippen LogP contribution >= 0.6 is 0 Å². The number of allylic oxidation sites excluding steroid dienone is 1. The van der Waals surface area contributed by atoms with Gasteiger partial charge in [0.2, 0.25) is 5.91 Å². The number of nitrogens with one attached hydrogen (secondary N) is 1. The topological polar surface area (TPSA) is 69.6 Å². The molecule has 0 bridgehead atoms. The van der Waals surface area contributed by atoms with Gasteiger partial charge < -0.3 is 15.5 Å². The molecule has 46 heavy (non-hydrogen) atoms. The van der Waals surface area contributed by atoms with E-state index in [2.05, 4.69) is 19.2 Å². The molecule has 3 N–H and O–H groups in total. The van der Waals surface area contributed by atoms with Crippen molar-refractivity contribution in [3.8, 4) is 0 Å². The average molecular weight is 650 g/mol. The fourth-order valence-corrected chi connectivity index (χ4v) is 6.59. The molecule has 3 unspecified atom stereocenters. The second-order valence-electron chi connectivity index (χ2n) is 14.6. The van der Waals surface area contributed by atoms with Crippen LogP contribution in [-0.4, -0.2) is 34.4 Å². The smallest absolute Gasteiger partial charge is 0.243 e. The molecule has 0 saturated heterocycles. The van der Waals surface area contributed by atoms with Crippen molar-refractivity contribution in [2.45, 2.75) is 251 Å². The minimum absolute atomic E-state index is 0.179. The van der Waals surface area contributed by atoms with Crippen LogP contribution in [0.2, 0.25) is 0 Å². The van der Waals surface area contributed by atoms with Gasteiger partial charge in [0, 0.05) is 0 Å². The molecule has 0 fully saturated rings. The van der Waals surface area contributed by atoms with Crippen LogP contribution in [0.25, 0.3) is 0 Å². The zero-order chi connectivity index (χ0) is 33.8. The summed E-state index contributed by atoms with van der Waals surface area (Å²) in [5.74, 6) is -0.179. The molecule has 0 radical (unpaired) electrons. The number of hydrogen-bond acceptors (Lipinski definition) is 3. The summed E-state index contributed by atoms with van der Waals surface area (Å²) in [6.45, 7) is 6.33. The molecular formula is C42H83NO3. The Morgan fingerprint density at radius 1 is 0.500 bits per heavy atom. The monoisotopic (exact) mass is 650 g/mol. The molecule has 0 aromatic carbocycles. The summed E-state index contributed by atoms with van der Waals surface area (Å²) in [6.07, 6.45) is 45.0. The first kappa shape index (κ1) is 45.1. The van der Waals surface area contributed by atoms with Crippen molar-refractivity contribution in [3.63, 3.8) is 0 Å². The van der Waals surface area contributed by atoms with Crippen LogP contribution in [0.3, 0.4) is 0 Å². The van der Waals surface area contributed by atoms with E-state index in [9.17, 15) is 15.0 Å². The maximum atomic E-state index is 12.3. The van der Waals surface area contributed by atoms with Crippen LogP contribution in [-0.2, 0) is 4.79 Å². The SMILES string of the molecule is CCCCCCCCCCCCCCCCCCCCCC=CC(=O)NC(C)C(O)C(O)CCCCCCCCCCCCCC. The number of unbranched alkanes of at least 4 members (excludes halogenated alkanes) is 30. The maximum absolute atomic E-state index is 12.3. The van der Waals surface area contributed by atoms with Crippen molar-refractivity contribution in [1.29, 1.82) is 0 Å². The molecule has 0 spiro atoms. The Bertz CT molecular complexity index is 636. The van der Waals surface area contributed by atoms with E-state index >= 15 is 0 Å². The fourth-order valence-electron chi connectivity index (χ4n) is 6.59. The van der Waals surface area contributed by atoms with Crippen LogP contribution < -0.4 is 5.32 Å². The van der Waals surface area contributed by atoms with Gasteiger partial charge in [-0.25, -0.2) is 0 Å². The Hall–Kier alpha value is -0.870. The van der Waals surface area contributed by atoms with Crippen LogP contribution in [0.15, 0.2) is 12.2 Å². The number of carbonyl (C=O) groups excluding carboxylic acids is 1. The molecule has 0 saturated carbocycles. The van der Waals surface area contributed by atoms with Crippen LogP contribution in [0.5, 0.6) is 0 Å². The van der Waals surface area contributed by atoms with E-state index in [-0.39, 0.29) is 5.91 Å². The third kappa shape index (κ3) is 33.0. The lowest BCUT2D eigenvalue weighted by Gasteiger charge is -2.24. The number of hydrogen-bond donors (Lipinski definition) is 3. The highest BCUT2D eigenvalue weighted by Gasteiger charge is 2.23. The molecule has 0 aliphatic heterocycles. The molecule has 0 aromatic rings. The van der Waals surface area contributed by atoms with Gasteiger partial charge in [-0.15, -0.1) is 0 Å². The molecular weight excluding hydrogens is 566 g/mol. The molecule has 274 valence electrons.